The fourth-order valence-electron chi connectivity index (χ4n) is 1.36. The Balaban J connectivity index is 3.76. The Morgan fingerprint density at radius 3 is 2.61 bits per heavy atom. The first kappa shape index (κ1) is 16.8. The van der Waals surface area contributed by atoms with Crippen molar-refractivity contribution in [2.24, 2.45) is 0 Å². The maximum absolute atomic E-state index is 11.5. The van der Waals surface area contributed by atoms with Gasteiger partial charge < -0.3 is 20.3 Å². The molecule has 18 heavy (non-hydrogen) atoms. The number of amides is 1. The van der Waals surface area contributed by atoms with Gasteiger partial charge in [0.2, 0.25) is 5.91 Å². The van der Waals surface area contributed by atoms with Crippen molar-refractivity contribution in [1.29, 1.82) is 0 Å². The number of carbonyl (C=O) groups is 2. The fourth-order valence-corrected chi connectivity index (χ4v) is 1.36. The summed E-state index contributed by atoms with van der Waals surface area (Å²) < 4.78 is 4.90. The Kier molecular flexibility index (Phi) is 10.2. The number of hydrogen-bond donors (Lipinski definition) is 3. The monoisotopic (exact) mass is 262 g/mol. The summed E-state index contributed by atoms with van der Waals surface area (Å²) in [5, 5.41) is 19.9. The third kappa shape index (κ3) is 10.0. The Labute approximate surface area is 107 Å². The van der Waals surface area contributed by atoms with Crippen LogP contribution in [0, 0.1) is 0 Å². The molecule has 0 radical (unpaired) electrons. The van der Waals surface area contributed by atoms with Gasteiger partial charge in [0.15, 0.2) is 0 Å². The smallest absolute Gasteiger partial charge is 0.303 e. The first-order chi connectivity index (χ1) is 8.60. The second-order valence-corrected chi connectivity index (χ2v) is 3.84. The van der Waals surface area contributed by atoms with Crippen molar-refractivity contribution < 1.29 is 24.5 Å². The molecule has 0 aromatic rings. The second-order valence-electron chi connectivity index (χ2n) is 3.84. The summed E-state index contributed by atoms with van der Waals surface area (Å²) in [5.41, 5.74) is 0. The van der Waals surface area contributed by atoms with Crippen LogP contribution in [-0.2, 0) is 14.3 Å². The molecular weight excluding hydrogens is 240 g/mol. The molecule has 0 aliphatic heterocycles. The summed E-state index contributed by atoms with van der Waals surface area (Å²) in [6.07, 6.45) is 0.462. The number of carboxylic acids is 1. The average molecular weight is 262 g/mol. The van der Waals surface area contributed by atoms with Crippen LogP contribution in [0.25, 0.3) is 0 Å². The van der Waals surface area contributed by atoms with Gasteiger partial charge in [0.05, 0.1) is 19.8 Å². The third-order valence-corrected chi connectivity index (χ3v) is 2.28. The van der Waals surface area contributed by atoms with E-state index >= 15 is 0 Å². The van der Waals surface area contributed by atoms with Crippen molar-refractivity contribution in [3.8, 4) is 0 Å². The Morgan fingerprint density at radius 1 is 1.33 bits per heavy atom. The topological polar surface area (TPSA) is 99.1 Å². The van der Waals surface area contributed by atoms with Gasteiger partial charge in [-0.15, -0.1) is 0 Å². The Hall–Kier alpha value is -1.18. The van der Waals surface area contributed by atoms with Gasteiger partial charge >= 0.3 is 5.97 Å². The first-order valence-electron chi connectivity index (χ1n) is 5.90. The number of hydrogen-bond acceptors (Lipinski definition) is 5. The van der Waals surface area contributed by atoms with Crippen LogP contribution in [0.5, 0.6) is 0 Å². The molecular formula is C11H22N2O5. The van der Waals surface area contributed by atoms with Gasteiger partial charge in [0, 0.05) is 33.2 Å². The lowest BCUT2D eigenvalue weighted by atomic mass is 10.3. The molecule has 0 atom stereocenters. The molecule has 0 unspecified atom stereocenters. The molecule has 0 aromatic carbocycles. The zero-order chi connectivity index (χ0) is 13.8. The molecule has 0 aromatic heterocycles. The van der Waals surface area contributed by atoms with E-state index < -0.39 is 5.97 Å². The summed E-state index contributed by atoms with van der Waals surface area (Å²) in [4.78, 5) is 23.5. The SMILES string of the molecule is COCCN(CCO)CC(=O)NCCCC(=O)O. The molecule has 0 bridgehead atoms. The van der Waals surface area contributed by atoms with Crippen LogP contribution in [0.15, 0.2) is 0 Å². The van der Waals surface area contributed by atoms with Gasteiger partial charge in [-0.25, -0.2) is 0 Å². The van der Waals surface area contributed by atoms with Gasteiger partial charge in [-0.05, 0) is 6.42 Å². The standard InChI is InChI=1S/C11H22N2O5/c1-18-8-6-13(5-7-14)9-10(15)12-4-2-3-11(16)17/h14H,2-9H2,1H3,(H,12,15)(H,16,17). The van der Waals surface area contributed by atoms with Crippen molar-refractivity contribution in [3.05, 3.63) is 0 Å². The number of nitrogens with zero attached hydrogens (tertiary/aromatic N) is 1. The maximum Gasteiger partial charge on any atom is 0.303 e. The summed E-state index contributed by atoms with van der Waals surface area (Å²) in [5.74, 6) is -1.05. The number of carbonyl (C=O) groups excluding carboxylic acids is 1. The molecule has 3 N–H and O–H groups in total. The molecule has 7 nitrogen and oxygen atoms in total. The minimum absolute atomic E-state index is 0.0178. The number of nitrogens with one attached hydrogen (secondary N) is 1. The molecule has 0 aliphatic carbocycles. The Bertz CT molecular complexity index is 248. The first-order valence-corrected chi connectivity index (χ1v) is 5.90. The zero-order valence-electron chi connectivity index (χ0n) is 10.7. The van der Waals surface area contributed by atoms with Crippen LogP contribution < -0.4 is 5.32 Å². The molecule has 0 saturated carbocycles. The number of ether oxygens (including phenoxy) is 1. The Morgan fingerprint density at radius 2 is 2.06 bits per heavy atom. The van der Waals surface area contributed by atoms with Gasteiger partial charge in [-0.2, -0.15) is 0 Å². The molecule has 7 heteroatoms. The minimum Gasteiger partial charge on any atom is -0.481 e. The van der Waals surface area contributed by atoms with Crippen molar-refractivity contribution in [3.63, 3.8) is 0 Å². The van der Waals surface area contributed by atoms with E-state index in [9.17, 15) is 9.59 Å². The summed E-state index contributed by atoms with van der Waals surface area (Å²) in [6, 6.07) is 0. The third-order valence-electron chi connectivity index (χ3n) is 2.28. The lowest BCUT2D eigenvalue weighted by molar-refractivity contribution is -0.137. The summed E-state index contributed by atoms with van der Waals surface area (Å²) in [7, 11) is 1.57. The van der Waals surface area contributed by atoms with Crippen LogP contribution in [0.3, 0.4) is 0 Å². The van der Waals surface area contributed by atoms with Crippen molar-refractivity contribution in [1.82, 2.24) is 10.2 Å². The highest BCUT2D eigenvalue weighted by molar-refractivity contribution is 5.78. The molecule has 106 valence electrons. The second kappa shape index (κ2) is 10.9. The molecule has 1 amide bonds. The van der Waals surface area contributed by atoms with Crippen LogP contribution in [0.1, 0.15) is 12.8 Å². The number of aliphatic hydroxyl groups is 1. The maximum atomic E-state index is 11.5. The highest BCUT2D eigenvalue weighted by Gasteiger charge is 2.09. The number of aliphatic hydroxyl groups excluding tert-OH is 1. The van der Waals surface area contributed by atoms with E-state index in [1.165, 1.54) is 0 Å². The van der Waals surface area contributed by atoms with E-state index in [2.05, 4.69) is 5.32 Å². The molecule has 0 rings (SSSR count). The van der Waals surface area contributed by atoms with E-state index in [-0.39, 0.29) is 25.5 Å². The van der Waals surface area contributed by atoms with Crippen molar-refractivity contribution in [2.75, 3.05) is 46.5 Å². The number of aliphatic carboxylic acids is 1. The lowest BCUT2D eigenvalue weighted by Crippen LogP contribution is -2.40. The van der Waals surface area contributed by atoms with E-state index in [1.54, 1.807) is 12.0 Å². The van der Waals surface area contributed by atoms with Crippen LogP contribution in [0.2, 0.25) is 0 Å². The van der Waals surface area contributed by atoms with Gasteiger partial charge in [-0.1, -0.05) is 0 Å². The molecule has 0 saturated heterocycles. The molecule has 0 fully saturated rings. The van der Waals surface area contributed by atoms with Gasteiger partial charge in [-0.3, -0.25) is 14.5 Å². The van der Waals surface area contributed by atoms with Gasteiger partial charge in [0.1, 0.15) is 0 Å². The summed E-state index contributed by atoms with van der Waals surface area (Å²) in [6.45, 7) is 1.98. The normalized spacial score (nSPS) is 10.6. The predicted octanol–water partition coefficient (Wildman–Crippen LogP) is -1.09. The van der Waals surface area contributed by atoms with E-state index in [0.717, 1.165) is 0 Å². The van der Waals surface area contributed by atoms with Crippen LogP contribution in [-0.4, -0.2) is 73.5 Å². The number of rotatable bonds is 11. The van der Waals surface area contributed by atoms with Crippen LogP contribution in [0.4, 0.5) is 0 Å². The van der Waals surface area contributed by atoms with E-state index in [0.29, 0.717) is 32.7 Å². The molecule has 0 spiro atoms. The molecule has 0 heterocycles. The average Bonchev–Trinajstić information content (AvgIpc) is 2.31. The minimum atomic E-state index is -0.869. The van der Waals surface area contributed by atoms with Crippen molar-refractivity contribution in [2.45, 2.75) is 12.8 Å². The number of carboxylic acid groups (broad SMARTS) is 1. The lowest BCUT2D eigenvalue weighted by Gasteiger charge is -2.20. The van der Waals surface area contributed by atoms with E-state index in [1.807, 2.05) is 0 Å². The quantitative estimate of drug-likeness (QED) is 0.409. The van der Waals surface area contributed by atoms with Gasteiger partial charge in [0.25, 0.3) is 0 Å². The van der Waals surface area contributed by atoms with E-state index in [4.69, 9.17) is 14.9 Å². The largest absolute Gasteiger partial charge is 0.481 e. The van der Waals surface area contributed by atoms with Crippen LogP contribution >= 0.6 is 0 Å². The number of methoxy groups -OCH3 is 1. The predicted molar refractivity (Wildman–Crippen MR) is 65.3 cm³/mol. The van der Waals surface area contributed by atoms with Crippen molar-refractivity contribution >= 4 is 11.9 Å². The highest BCUT2D eigenvalue weighted by atomic mass is 16.5. The fraction of sp³-hybridized carbons (Fsp3) is 0.818. The summed E-state index contributed by atoms with van der Waals surface area (Å²) >= 11 is 0. The molecule has 0 aliphatic rings. The zero-order valence-corrected chi connectivity index (χ0v) is 10.7. The highest BCUT2D eigenvalue weighted by Crippen LogP contribution is 1.90.